The summed E-state index contributed by atoms with van der Waals surface area (Å²) in [5.74, 6) is 1.30. The molecule has 0 bridgehead atoms. The fraction of sp³-hybridized carbons (Fsp3) is 0.385. The summed E-state index contributed by atoms with van der Waals surface area (Å²) in [7, 11) is 0. The molecule has 4 N–H and O–H groups in total. The van der Waals surface area contributed by atoms with Gasteiger partial charge >= 0.3 is 0 Å². The van der Waals surface area contributed by atoms with Gasteiger partial charge < -0.3 is 15.5 Å². The molecular weight excluding hydrogens is 244 g/mol. The molecule has 0 unspecified atom stereocenters. The van der Waals surface area contributed by atoms with Crippen molar-refractivity contribution in [3.63, 3.8) is 0 Å². The molecule has 2 aromatic rings. The zero-order valence-corrected chi connectivity index (χ0v) is 10.9. The number of aromatic amines is 1. The van der Waals surface area contributed by atoms with Gasteiger partial charge in [0.05, 0.1) is 0 Å². The van der Waals surface area contributed by atoms with Crippen LogP contribution in [-0.4, -0.2) is 29.2 Å². The van der Waals surface area contributed by atoms with Crippen molar-refractivity contribution in [1.82, 2.24) is 15.5 Å². The number of nitrogens with one attached hydrogen (secondary N) is 2. The Morgan fingerprint density at radius 3 is 3.00 bits per heavy atom. The number of hydrogen-bond donors (Lipinski definition) is 3. The van der Waals surface area contributed by atoms with E-state index in [0.29, 0.717) is 30.2 Å². The number of furan rings is 1. The third-order valence-corrected chi connectivity index (χ3v) is 2.73. The molecule has 0 fully saturated rings. The Balaban J connectivity index is 1.95. The van der Waals surface area contributed by atoms with E-state index in [1.807, 2.05) is 19.1 Å². The van der Waals surface area contributed by atoms with Crippen LogP contribution in [0.15, 0.2) is 22.6 Å². The first kappa shape index (κ1) is 13.4. The molecule has 0 saturated carbocycles. The number of aromatic nitrogens is 2. The van der Waals surface area contributed by atoms with E-state index in [4.69, 9.17) is 10.2 Å². The second-order valence-electron chi connectivity index (χ2n) is 4.33. The summed E-state index contributed by atoms with van der Waals surface area (Å²) in [4.78, 5) is 11.8. The van der Waals surface area contributed by atoms with Gasteiger partial charge in [-0.2, -0.15) is 5.10 Å². The Kier molecular flexibility index (Phi) is 4.35. The lowest BCUT2D eigenvalue weighted by Gasteiger charge is -2.01. The number of unbranched alkanes of at least 4 members (excludes halogenated alkanes) is 1. The van der Waals surface area contributed by atoms with Gasteiger partial charge in [-0.25, -0.2) is 0 Å². The van der Waals surface area contributed by atoms with Crippen LogP contribution >= 0.6 is 0 Å². The van der Waals surface area contributed by atoms with Crippen LogP contribution in [0.5, 0.6) is 0 Å². The molecule has 0 spiro atoms. The van der Waals surface area contributed by atoms with Crippen LogP contribution < -0.4 is 11.1 Å². The highest BCUT2D eigenvalue weighted by molar-refractivity contribution is 5.93. The number of amides is 1. The summed E-state index contributed by atoms with van der Waals surface area (Å²) >= 11 is 0. The summed E-state index contributed by atoms with van der Waals surface area (Å²) in [6, 6.07) is 5.38. The summed E-state index contributed by atoms with van der Waals surface area (Å²) in [5, 5.41) is 9.57. The lowest BCUT2D eigenvalue weighted by atomic mass is 10.3. The van der Waals surface area contributed by atoms with E-state index in [0.717, 1.165) is 18.6 Å². The zero-order valence-electron chi connectivity index (χ0n) is 10.9. The van der Waals surface area contributed by atoms with Crippen molar-refractivity contribution in [1.29, 1.82) is 0 Å². The number of hydrogen-bond acceptors (Lipinski definition) is 4. The van der Waals surface area contributed by atoms with Gasteiger partial charge in [0.2, 0.25) is 0 Å². The van der Waals surface area contributed by atoms with Crippen LogP contribution in [0.2, 0.25) is 0 Å². The number of H-pyrrole nitrogens is 1. The summed E-state index contributed by atoms with van der Waals surface area (Å²) in [6.45, 7) is 3.11. The summed E-state index contributed by atoms with van der Waals surface area (Å²) in [6.07, 6.45) is 1.77. The molecular formula is C13H18N4O2. The minimum absolute atomic E-state index is 0.192. The second kappa shape index (κ2) is 6.19. The normalized spacial score (nSPS) is 10.6. The first-order chi connectivity index (χ1) is 9.20. The van der Waals surface area contributed by atoms with E-state index in [9.17, 15) is 4.79 Å². The maximum absolute atomic E-state index is 11.8. The predicted molar refractivity (Wildman–Crippen MR) is 71.6 cm³/mol. The lowest BCUT2D eigenvalue weighted by Crippen LogP contribution is -2.25. The highest BCUT2D eigenvalue weighted by atomic mass is 16.3. The molecule has 0 aliphatic rings. The van der Waals surface area contributed by atoms with E-state index in [-0.39, 0.29) is 5.91 Å². The number of carbonyl (C=O) groups is 1. The van der Waals surface area contributed by atoms with Crippen LogP contribution in [0, 0.1) is 6.92 Å². The molecule has 0 atom stereocenters. The van der Waals surface area contributed by atoms with Crippen molar-refractivity contribution in [3.05, 3.63) is 29.7 Å². The van der Waals surface area contributed by atoms with Crippen molar-refractivity contribution in [3.8, 4) is 11.5 Å². The Labute approximate surface area is 111 Å². The summed E-state index contributed by atoms with van der Waals surface area (Å²) in [5.41, 5.74) is 6.44. The fourth-order valence-corrected chi connectivity index (χ4v) is 1.71. The van der Waals surface area contributed by atoms with Crippen molar-refractivity contribution in [2.24, 2.45) is 5.73 Å². The smallest absolute Gasteiger partial charge is 0.271 e. The van der Waals surface area contributed by atoms with Gasteiger partial charge in [-0.05, 0) is 38.4 Å². The van der Waals surface area contributed by atoms with E-state index >= 15 is 0 Å². The number of aryl methyl sites for hydroxylation is 1. The van der Waals surface area contributed by atoms with Gasteiger partial charge in [-0.3, -0.25) is 9.89 Å². The van der Waals surface area contributed by atoms with Crippen LogP contribution in [0.4, 0.5) is 0 Å². The monoisotopic (exact) mass is 262 g/mol. The molecule has 0 aliphatic carbocycles. The van der Waals surface area contributed by atoms with Crippen molar-refractivity contribution < 1.29 is 9.21 Å². The van der Waals surface area contributed by atoms with Crippen LogP contribution in [0.25, 0.3) is 11.5 Å². The Hall–Kier alpha value is -2.08. The van der Waals surface area contributed by atoms with E-state index in [1.165, 1.54) is 0 Å². The van der Waals surface area contributed by atoms with Crippen molar-refractivity contribution in [2.75, 3.05) is 13.1 Å². The minimum atomic E-state index is -0.192. The minimum Gasteiger partial charge on any atom is -0.460 e. The third-order valence-electron chi connectivity index (χ3n) is 2.73. The largest absolute Gasteiger partial charge is 0.460 e. The average Bonchev–Trinajstić information content (AvgIpc) is 3.02. The molecule has 19 heavy (non-hydrogen) atoms. The molecule has 6 nitrogen and oxygen atoms in total. The molecule has 2 aromatic heterocycles. The lowest BCUT2D eigenvalue weighted by molar-refractivity contribution is 0.0948. The Morgan fingerprint density at radius 2 is 2.32 bits per heavy atom. The molecule has 0 saturated heterocycles. The number of carbonyl (C=O) groups excluding carboxylic acids is 1. The quantitative estimate of drug-likeness (QED) is 0.686. The van der Waals surface area contributed by atoms with Gasteiger partial charge in [0.15, 0.2) is 11.5 Å². The Bertz CT molecular complexity index is 544. The topological polar surface area (TPSA) is 96.9 Å². The van der Waals surface area contributed by atoms with Gasteiger partial charge in [0.1, 0.15) is 11.5 Å². The summed E-state index contributed by atoms with van der Waals surface area (Å²) < 4.78 is 5.46. The highest BCUT2D eigenvalue weighted by Gasteiger charge is 2.12. The Morgan fingerprint density at radius 1 is 1.47 bits per heavy atom. The third kappa shape index (κ3) is 3.45. The second-order valence-corrected chi connectivity index (χ2v) is 4.33. The molecule has 1 amide bonds. The zero-order chi connectivity index (χ0) is 13.7. The average molecular weight is 262 g/mol. The molecule has 0 aliphatic heterocycles. The predicted octanol–water partition coefficient (Wildman–Crippen LogP) is 1.45. The van der Waals surface area contributed by atoms with E-state index in [1.54, 1.807) is 6.07 Å². The van der Waals surface area contributed by atoms with Crippen LogP contribution in [0.3, 0.4) is 0 Å². The van der Waals surface area contributed by atoms with Gasteiger partial charge in [-0.1, -0.05) is 0 Å². The van der Waals surface area contributed by atoms with Gasteiger partial charge in [-0.15, -0.1) is 0 Å². The van der Waals surface area contributed by atoms with Crippen molar-refractivity contribution in [2.45, 2.75) is 19.8 Å². The first-order valence-electron chi connectivity index (χ1n) is 6.31. The van der Waals surface area contributed by atoms with Gasteiger partial charge in [0.25, 0.3) is 5.91 Å². The van der Waals surface area contributed by atoms with Crippen LogP contribution in [0.1, 0.15) is 29.1 Å². The van der Waals surface area contributed by atoms with Crippen molar-refractivity contribution >= 4 is 5.91 Å². The SMILES string of the molecule is Cc1ccc(-c2cc(C(=O)NCCCCN)n[nH]2)o1. The van der Waals surface area contributed by atoms with Crippen LogP contribution in [-0.2, 0) is 0 Å². The standard InChI is InChI=1S/C13H18N4O2/c1-9-4-5-12(19-9)10-8-11(17-16-10)13(18)15-7-3-2-6-14/h4-5,8H,2-3,6-7,14H2,1H3,(H,15,18)(H,16,17). The highest BCUT2D eigenvalue weighted by Crippen LogP contribution is 2.20. The molecule has 2 heterocycles. The fourth-order valence-electron chi connectivity index (χ4n) is 1.71. The van der Waals surface area contributed by atoms with E-state index < -0.39 is 0 Å². The first-order valence-corrected chi connectivity index (χ1v) is 6.31. The number of nitrogens with two attached hydrogens (primary N) is 1. The molecule has 102 valence electrons. The molecule has 0 radical (unpaired) electrons. The maximum atomic E-state index is 11.8. The van der Waals surface area contributed by atoms with Gasteiger partial charge in [0, 0.05) is 12.6 Å². The number of rotatable bonds is 6. The maximum Gasteiger partial charge on any atom is 0.271 e. The van der Waals surface area contributed by atoms with E-state index in [2.05, 4.69) is 15.5 Å². The molecule has 6 heteroatoms. The molecule has 0 aromatic carbocycles. The molecule has 2 rings (SSSR count). The number of nitrogens with zero attached hydrogens (tertiary/aromatic N) is 1.